The fraction of sp³-hybridized carbons (Fsp3) is 0.273. The smallest absolute Gasteiger partial charge is 0.246 e. The van der Waals surface area contributed by atoms with Gasteiger partial charge in [0.25, 0.3) is 0 Å². The molecule has 1 amide bonds. The molecular formula is C11H10FN3O. The first-order chi connectivity index (χ1) is 7.72. The highest BCUT2D eigenvalue weighted by Gasteiger charge is 2.29. The maximum Gasteiger partial charge on any atom is 0.246 e. The Kier molecular flexibility index (Phi) is 2.84. The van der Waals surface area contributed by atoms with Crippen LogP contribution in [0.4, 0.5) is 10.1 Å². The molecule has 5 heteroatoms. The summed E-state index contributed by atoms with van der Waals surface area (Å²) in [6.07, 6.45) is 0.334. The topological polar surface area (TPSA) is 64.9 Å². The zero-order chi connectivity index (χ0) is 11.5. The van der Waals surface area contributed by atoms with Crippen molar-refractivity contribution in [2.75, 3.05) is 11.9 Å². The quantitative estimate of drug-likeness (QED) is 0.753. The molecule has 1 unspecified atom stereocenters. The number of rotatable bonds is 3. The first-order valence-electron chi connectivity index (χ1n) is 4.93. The van der Waals surface area contributed by atoms with E-state index in [2.05, 4.69) is 10.6 Å². The van der Waals surface area contributed by atoms with E-state index < -0.39 is 6.04 Å². The molecule has 0 radical (unpaired) electrons. The summed E-state index contributed by atoms with van der Waals surface area (Å²) in [4.78, 5) is 11.6. The van der Waals surface area contributed by atoms with Gasteiger partial charge in [0.1, 0.15) is 11.9 Å². The van der Waals surface area contributed by atoms with E-state index in [4.69, 9.17) is 5.26 Å². The van der Waals surface area contributed by atoms with Crippen LogP contribution in [0, 0.1) is 17.1 Å². The van der Waals surface area contributed by atoms with Crippen LogP contribution in [0.2, 0.25) is 0 Å². The molecule has 82 valence electrons. The van der Waals surface area contributed by atoms with E-state index >= 15 is 0 Å². The SMILES string of the molecule is N#CCCNC1C(=O)Nc2cc(F)ccc21. The molecular weight excluding hydrogens is 209 g/mol. The molecule has 1 atom stereocenters. The molecule has 2 rings (SSSR count). The first-order valence-corrected chi connectivity index (χ1v) is 4.93. The molecule has 1 aliphatic heterocycles. The summed E-state index contributed by atoms with van der Waals surface area (Å²) in [5.41, 5.74) is 1.23. The van der Waals surface area contributed by atoms with Crippen LogP contribution in [-0.2, 0) is 4.79 Å². The number of hydrogen-bond donors (Lipinski definition) is 2. The highest BCUT2D eigenvalue weighted by atomic mass is 19.1. The third kappa shape index (κ3) is 1.88. The van der Waals surface area contributed by atoms with Crippen molar-refractivity contribution in [1.29, 1.82) is 5.26 Å². The summed E-state index contributed by atoms with van der Waals surface area (Å²) in [6, 6.07) is 5.69. The number of halogens is 1. The van der Waals surface area contributed by atoms with Crippen molar-refractivity contribution in [3.05, 3.63) is 29.6 Å². The van der Waals surface area contributed by atoms with Crippen molar-refractivity contribution in [3.63, 3.8) is 0 Å². The van der Waals surface area contributed by atoms with E-state index in [-0.39, 0.29) is 11.7 Å². The number of amides is 1. The number of carbonyl (C=O) groups is 1. The minimum Gasteiger partial charge on any atom is -0.324 e. The Balaban J connectivity index is 2.17. The molecule has 1 aromatic carbocycles. The number of carbonyl (C=O) groups excluding carboxylic acids is 1. The molecule has 0 spiro atoms. The van der Waals surface area contributed by atoms with Crippen molar-refractivity contribution in [2.45, 2.75) is 12.5 Å². The molecule has 16 heavy (non-hydrogen) atoms. The average molecular weight is 219 g/mol. The third-order valence-corrected chi connectivity index (χ3v) is 2.43. The normalized spacial score (nSPS) is 17.8. The number of hydrogen-bond acceptors (Lipinski definition) is 3. The van der Waals surface area contributed by atoms with E-state index in [1.165, 1.54) is 12.1 Å². The molecule has 1 aliphatic rings. The number of nitrogens with zero attached hydrogens (tertiary/aromatic N) is 1. The second kappa shape index (κ2) is 4.29. The molecule has 0 aromatic heterocycles. The van der Waals surface area contributed by atoms with Crippen molar-refractivity contribution in [2.24, 2.45) is 0 Å². The van der Waals surface area contributed by atoms with E-state index in [0.717, 1.165) is 5.56 Å². The molecule has 0 bridgehead atoms. The fourth-order valence-corrected chi connectivity index (χ4v) is 1.71. The van der Waals surface area contributed by atoms with E-state index in [9.17, 15) is 9.18 Å². The van der Waals surface area contributed by atoms with Crippen LogP contribution < -0.4 is 10.6 Å². The second-order valence-corrected chi connectivity index (χ2v) is 3.52. The Bertz CT molecular complexity index is 467. The van der Waals surface area contributed by atoms with Gasteiger partial charge in [0.15, 0.2) is 0 Å². The van der Waals surface area contributed by atoms with E-state index in [1.54, 1.807) is 6.07 Å². The van der Waals surface area contributed by atoms with Gasteiger partial charge in [0, 0.05) is 24.2 Å². The van der Waals surface area contributed by atoms with Crippen LogP contribution in [0.25, 0.3) is 0 Å². The minimum absolute atomic E-state index is 0.210. The summed E-state index contributed by atoms with van der Waals surface area (Å²) in [7, 11) is 0. The Morgan fingerprint density at radius 2 is 2.38 bits per heavy atom. The van der Waals surface area contributed by atoms with Crippen LogP contribution in [0.1, 0.15) is 18.0 Å². The van der Waals surface area contributed by atoms with Crippen LogP contribution in [0.15, 0.2) is 18.2 Å². The minimum atomic E-state index is -0.482. The lowest BCUT2D eigenvalue weighted by atomic mass is 10.1. The van der Waals surface area contributed by atoms with Crippen LogP contribution >= 0.6 is 0 Å². The van der Waals surface area contributed by atoms with Gasteiger partial charge in [-0.05, 0) is 12.1 Å². The summed E-state index contributed by atoms with van der Waals surface area (Å²) in [5, 5.41) is 13.9. The van der Waals surface area contributed by atoms with Gasteiger partial charge in [-0.2, -0.15) is 5.26 Å². The zero-order valence-electron chi connectivity index (χ0n) is 8.46. The van der Waals surface area contributed by atoms with Crippen LogP contribution in [-0.4, -0.2) is 12.5 Å². The lowest BCUT2D eigenvalue weighted by molar-refractivity contribution is -0.117. The van der Waals surface area contributed by atoms with E-state index in [0.29, 0.717) is 18.7 Å². The van der Waals surface area contributed by atoms with Gasteiger partial charge < -0.3 is 10.6 Å². The highest BCUT2D eigenvalue weighted by Crippen LogP contribution is 2.30. The monoisotopic (exact) mass is 219 g/mol. The number of nitrogens with one attached hydrogen (secondary N) is 2. The Morgan fingerprint density at radius 3 is 3.12 bits per heavy atom. The van der Waals surface area contributed by atoms with Gasteiger partial charge in [0.05, 0.1) is 6.07 Å². The second-order valence-electron chi connectivity index (χ2n) is 3.52. The summed E-state index contributed by atoms with van der Waals surface area (Å²) < 4.78 is 12.9. The number of benzene rings is 1. The molecule has 1 heterocycles. The van der Waals surface area contributed by atoms with Crippen LogP contribution in [0.5, 0.6) is 0 Å². The number of anilines is 1. The molecule has 2 N–H and O–H groups in total. The summed E-state index contributed by atoms with van der Waals surface area (Å²) in [6.45, 7) is 0.436. The Morgan fingerprint density at radius 1 is 1.56 bits per heavy atom. The molecule has 4 nitrogen and oxygen atoms in total. The van der Waals surface area contributed by atoms with Crippen molar-refractivity contribution >= 4 is 11.6 Å². The molecule has 0 fully saturated rings. The van der Waals surface area contributed by atoms with Gasteiger partial charge in [-0.15, -0.1) is 0 Å². The lowest BCUT2D eigenvalue weighted by Gasteiger charge is -2.09. The number of nitriles is 1. The van der Waals surface area contributed by atoms with Crippen molar-refractivity contribution < 1.29 is 9.18 Å². The zero-order valence-corrected chi connectivity index (χ0v) is 8.46. The maximum absolute atomic E-state index is 12.9. The predicted octanol–water partition coefficient (Wildman–Crippen LogP) is 1.32. The molecule has 1 aromatic rings. The van der Waals surface area contributed by atoms with Gasteiger partial charge >= 0.3 is 0 Å². The highest BCUT2D eigenvalue weighted by molar-refractivity contribution is 6.02. The van der Waals surface area contributed by atoms with E-state index in [1.807, 2.05) is 6.07 Å². The number of fused-ring (bicyclic) bond motifs is 1. The van der Waals surface area contributed by atoms with Crippen molar-refractivity contribution in [1.82, 2.24) is 5.32 Å². The third-order valence-electron chi connectivity index (χ3n) is 2.43. The van der Waals surface area contributed by atoms with Gasteiger partial charge in [-0.3, -0.25) is 4.79 Å². The average Bonchev–Trinajstić information content (AvgIpc) is 2.55. The van der Waals surface area contributed by atoms with Gasteiger partial charge in [-0.1, -0.05) is 6.07 Å². The maximum atomic E-state index is 12.9. The fourth-order valence-electron chi connectivity index (χ4n) is 1.71. The summed E-state index contributed by atoms with van der Waals surface area (Å²) >= 11 is 0. The standard InChI is InChI=1S/C11H10FN3O/c12-7-2-3-8-9(6-7)15-11(16)10(8)14-5-1-4-13/h2-3,6,10,14H,1,5H2,(H,15,16). The first kappa shape index (κ1) is 10.6. The predicted molar refractivity (Wildman–Crippen MR) is 56.0 cm³/mol. The molecule has 0 saturated heterocycles. The lowest BCUT2D eigenvalue weighted by Crippen LogP contribution is -2.28. The molecule has 0 saturated carbocycles. The Labute approximate surface area is 92.1 Å². The van der Waals surface area contributed by atoms with Gasteiger partial charge in [0.2, 0.25) is 5.91 Å². The van der Waals surface area contributed by atoms with Crippen molar-refractivity contribution in [3.8, 4) is 6.07 Å². The molecule has 0 aliphatic carbocycles. The van der Waals surface area contributed by atoms with Gasteiger partial charge in [-0.25, -0.2) is 4.39 Å². The summed E-state index contributed by atoms with van der Waals surface area (Å²) in [5.74, 6) is -0.588. The Hall–Kier alpha value is -1.93. The largest absolute Gasteiger partial charge is 0.324 e. The van der Waals surface area contributed by atoms with Crippen LogP contribution in [0.3, 0.4) is 0 Å².